The Hall–Kier alpha value is -1.16. The molecule has 0 heterocycles. The van der Waals surface area contributed by atoms with E-state index in [9.17, 15) is 9.90 Å². The van der Waals surface area contributed by atoms with Crippen molar-refractivity contribution in [2.24, 2.45) is 0 Å². The number of rotatable bonds is 7. The van der Waals surface area contributed by atoms with Crippen molar-refractivity contribution in [3.63, 3.8) is 0 Å². The molecule has 0 saturated carbocycles. The van der Waals surface area contributed by atoms with Gasteiger partial charge >= 0.3 is 0 Å². The first kappa shape index (κ1) is 14.9. The Bertz CT molecular complexity index is 376. The van der Waals surface area contributed by atoms with Gasteiger partial charge in [0.2, 0.25) is 5.91 Å². The molecule has 0 saturated heterocycles. The zero-order chi connectivity index (χ0) is 13.4. The quantitative estimate of drug-likeness (QED) is 0.772. The van der Waals surface area contributed by atoms with Gasteiger partial charge in [0.1, 0.15) is 5.75 Å². The fourth-order valence-corrected chi connectivity index (χ4v) is 2.56. The average molecular weight is 267 g/mol. The number of nitrogens with zero attached hydrogens (tertiary/aromatic N) is 1. The molecule has 100 valence electrons. The van der Waals surface area contributed by atoms with Crippen LogP contribution in [0.2, 0.25) is 0 Å². The molecule has 0 spiro atoms. The van der Waals surface area contributed by atoms with E-state index in [1.165, 1.54) is 11.8 Å². The van der Waals surface area contributed by atoms with Gasteiger partial charge in [-0.05, 0) is 25.0 Å². The minimum Gasteiger partial charge on any atom is -0.507 e. The van der Waals surface area contributed by atoms with Gasteiger partial charge in [0.05, 0.1) is 5.75 Å². The van der Waals surface area contributed by atoms with Crippen molar-refractivity contribution in [2.45, 2.75) is 31.6 Å². The van der Waals surface area contributed by atoms with Crippen LogP contribution in [0.15, 0.2) is 29.2 Å². The molecule has 0 aliphatic heterocycles. The summed E-state index contributed by atoms with van der Waals surface area (Å²) in [6, 6.07) is 7.12. The zero-order valence-electron chi connectivity index (χ0n) is 11.1. The van der Waals surface area contributed by atoms with E-state index in [0.29, 0.717) is 5.75 Å². The molecule has 0 aromatic heterocycles. The maximum Gasteiger partial charge on any atom is 0.232 e. The Labute approximate surface area is 113 Å². The van der Waals surface area contributed by atoms with E-state index < -0.39 is 0 Å². The van der Waals surface area contributed by atoms with E-state index in [4.69, 9.17) is 0 Å². The number of carbonyl (C=O) groups excluding carboxylic acids is 1. The molecule has 3 nitrogen and oxygen atoms in total. The van der Waals surface area contributed by atoms with Crippen LogP contribution in [0.25, 0.3) is 0 Å². The van der Waals surface area contributed by atoms with E-state index in [1.807, 2.05) is 17.0 Å². The predicted molar refractivity (Wildman–Crippen MR) is 76.0 cm³/mol. The van der Waals surface area contributed by atoms with Gasteiger partial charge in [-0.3, -0.25) is 4.79 Å². The van der Waals surface area contributed by atoms with Crippen LogP contribution in [0.5, 0.6) is 5.75 Å². The Balaban J connectivity index is 2.51. The van der Waals surface area contributed by atoms with Crippen molar-refractivity contribution < 1.29 is 9.90 Å². The number of benzene rings is 1. The van der Waals surface area contributed by atoms with Gasteiger partial charge < -0.3 is 10.0 Å². The second kappa shape index (κ2) is 8.03. The average Bonchev–Trinajstić information content (AvgIpc) is 2.37. The first-order valence-corrected chi connectivity index (χ1v) is 7.36. The van der Waals surface area contributed by atoms with Crippen LogP contribution in [-0.2, 0) is 4.79 Å². The summed E-state index contributed by atoms with van der Waals surface area (Å²) in [5.41, 5.74) is 0. The van der Waals surface area contributed by atoms with E-state index in [1.54, 1.807) is 12.1 Å². The number of hydrogen-bond acceptors (Lipinski definition) is 3. The van der Waals surface area contributed by atoms with Crippen molar-refractivity contribution in [1.82, 2.24) is 4.90 Å². The Kier molecular flexibility index (Phi) is 6.65. The highest BCUT2D eigenvalue weighted by Gasteiger charge is 2.12. The fourth-order valence-electron chi connectivity index (χ4n) is 1.71. The number of phenols is 1. The third kappa shape index (κ3) is 4.61. The summed E-state index contributed by atoms with van der Waals surface area (Å²) in [5, 5.41) is 9.62. The highest BCUT2D eigenvalue weighted by molar-refractivity contribution is 8.00. The van der Waals surface area contributed by atoms with Gasteiger partial charge in [0.25, 0.3) is 0 Å². The summed E-state index contributed by atoms with van der Waals surface area (Å²) in [4.78, 5) is 14.7. The van der Waals surface area contributed by atoms with Crippen LogP contribution in [0.1, 0.15) is 26.7 Å². The highest BCUT2D eigenvalue weighted by Crippen LogP contribution is 2.27. The van der Waals surface area contributed by atoms with Crippen molar-refractivity contribution in [1.29, 1.82) is 0 Å². The molecule has 1 amide bonds. The van der Waals surface area contributed by atoms with E-state index in [2.05, 4.69) is 13.8 Å². The Morgan fingerprint density at radius 1 is 1.22 bits per heavy atom. The molecule has 1 N–H and O–H groups in total. The summed E-state index contributed by atoms with van der Waals surface area (Å²) in [7, 11) is 0. The van der Waals surface area contributed by atoms with Gasteiger partial charge in [-0.15, -0.1) is 11.8 Å². The number of carbonyl (C=O) groups is 1. The zero-order valence-corrected chi connectivity index (χ0v) is 11.9. The van der Waals surface area contributed by atoms with E-state index in [0.717, 1.165) is 30.8 Å². The highest BCUT2D eigenvalue weighted by atomic mass is 32.2. The minimum atomic E-state index is 0.145. The Morgan fingerprint density at radius 2 is 1.83 bits per heavy atom. The number of para-hydroxylation sites is 1. The predicted octanol–water partition coefficient (Wildman–Crippen LogP) is 3.13. The summed E-state index contributed by atoms with van der Waals surface area (Å²) in [5.74, 6) is 0.775. The molecule has 0 atom stereocenters. The van der Waals surface area contributed by atoms with Crippen LogP contribution >= 0.6 is 11.8 Å². The largest absolute Gasteiger partial charge is 0.507 e. The van der Waals surface area contributed by atoms with Crippen molar-refractivity contribution in [3.8, 4) is 5.75 Å². The van der Waals surface area contributed by atoms with Crippen molar-refractivity contribution in [3.05, 3.63) is 24.3 Å². The minimum absolute atomic E-state index is 0.145. The molecule has 0 radical (unpaired) electrons. The van der Waals surface area contributed by atoms with Crippen LogP contribution in [-0.4, -0.2) is 34.8 Å². The molecular weight excluding hydrogens is 246 g/mol. The molecule has 0 bridgehead atoms. The van der Waals surface area contributed by atoms with Gasteiger partial charge in [-0.2, -0.15) is 0 Å². The van der Waals surface area contributed by atoms with Crippen LogP contribution in [0.4, 0.5) is 0 Å². The molecule has 4 heteroatoms. The third-order valence-corrected chi connectivity index (χ3v) is 3.60. The molecule has 18 heavy (non-hydrogen) atoms. The lowest BCUT2D eigenvalue weighted by atomic mass is 10.3. The molecule has 1 aromatic rings. The fraction of sp³-hybridized carbons (Fsp3) is 0.500. The summed E-state index contributed by atoms with van der Waals surface area (Å²) in [6.45, 7) is 5.78. The summed E-state index contributed by atoms with van der Waals surface area (Å²) in [6.07, 6.45) is 1.96. The lowest BCUT2D eigenvalue weighted by molar-refractivity contribution is -0.128. The first-order chi connectivity index (χ1) is 8.69. The standard InChI is InChI=1S/C14H21NO2S/c1-3-9-15(10-4-2)14(17)11-18-13-8-6-5-7-12(13)16/h5-8,16H,3-4,9-11H2,1-2H3. The maximum absolute atomic E-state index is 12.0. The Morgan fingerprint density at radius 3 is 2.39 bits per heavy atom. The van der Waals surface area contributed by atoms with Crippen molar-refractivity contribution >= 4 is 17.7 Å². The van der Waals surface area contributed by atoms with E-state index >= 15 is 0 Å². The van der Waals surface area contributed by atoms with Crippen molar-refractivity contribution in [2.75, 3.05) is 18.8 Å². The number of amides is 1. The second-order valence-electron chi connectivity index (χ2n) is 4.14. The molecule has 1 aromatic carbocycles. The molecule has 0 aliphatic carbocycles. The van der Waals surface area contributed by atoms with Gasteiger partial charge in [0.15, 0.2) is 0 Å². The summed E-state index contributed by atoms with van der Waals surface area (Å²) < 4.78 is 0. The molecule has 1 rings (SSSR count). The van der Waals surface area contributed by atoms with Gasteiger partial charge in [-0.25, -0.2) is 0 Å². The van der Waals surface area contributed by atoms with Gasteiger partial charge in [0, 0.05) is 18.0 Å². The van der Waals surface area contributed by atoms with Crippen LogP contribution < -0.4 is 0 Å². The normalized spacial score (nSPS) is 10.3. The lowest BCUT2D eigenvalue weighted by Gasteiger charge is -2.21. The summed E-state index contributed by atoms with van der Waals surface area (Å²) >= 11 is 1.39. The topological polar surface area (TPSA) is 40.5 Å². The monoisotopic (exact) mass is 267 g/mol. The number of thioether (sulfide) groups is 1. The maximum atomic E-state index is 12.0. The van der Waals surface area contributed by atoms with E-state index in [-0.39, 0.29) is 11.7 Å². The van der Waals surface area contributed by atoms with Gasteiger partial charge in [-0.1, -0.05) is 26.0 Å². The van der Waals surface area contributed by atoms with Crippen LogP contribution in [0, 0.1) is 0 Å². The molecule has 0 aliphatic rings. The molecule has 0 unspecified atom stereocenters. The third-order valence-electron chi connectivity index (χ3n) is 2.56. The second-order valence-corrected chi connectivity index (χ2v) is 5.15. The smallest absolute Gasteiger partial charge is 0.232 e. The number of hydrogen-bond donors (Lipinski definition) is 1. The molecule has 0 fully saturated rings. The number of phenolic OH excluding ortho intramolecular Hbond substituents is 1. The number of aromatic hydroxyl groups is 1. The first-order valence-electron chi connectivity index (χ1n) is 6.37. The lowest BCUT2D eigenvalue weighted by Crippen LogP contribution is -2.33. The molecular formula is C14H21NO2S. The van der Waals surface area contributed by atoms with Crippen LogP contribution in [0.3, 0.4) is 0 Å². The SMILES string of the molecule is CCCN(CCC)C(=O)CSc1ccccc1O.